The average molecular weight is 310 g/mol. The number of hydrogen-bond acceptors (Lipinski definition) is 4. The number of carboxylic acid groups (broad SMARTS) is 1. The van der Waals surface area contributed by atoms with E-state index >= 15 is 0 Å². The lowest BCUT2D eigenvalue weighted by molar-refractivity contribution is 0.0701. The number of nitrogens with one attached hydrogen (secondary N) is 1. The van der Waals surface area contributed by atoms with E-state index in [4.69, 9.17) is 0 Å². The molecule has 0 saturated carbocycles. The van der Waals surface area contributed by atoms with Gasteiger partial charge in [-0.3, -0.25) is 0 Å². The van der Waals surface area contributed by atoms with E-state index in [9.17, 15) is 14.3 Å². The number of halogens is 1. The highest BCUT2D eigenvalue weighted by Gasteiger charge is 2.19. The van der Waals surface area contributed by atoms with Crippen LogP contribution in [0.4, 0.5) is 4.39 Å². The van der Waals surface area contributed by atoms with E-state index in [1.807, 2.05) is 7.05 Å². The summed E-state index contributed by atoms with van der Waals surface area (Å²) < 4.78 is 14.7. The molecule has 4 nitrogen and oxygen atoms in total. The van der Waals surface area contributed by atoms with Crippen molar-refractivity contribution in [2.75, 3.05) is 26.7 Å². The minimum Gasteiger partial charge on any atom is -0.477 e. The van der Waals surface area contributed by atoms with E-state index in [0.29, 0.717) is 22.2 Å². The molecular formula is C15H19FN2O2S. The summed E-state index contributed by atoms with van der Waals surface area (Å²) in [5.74, 6) is -1.36. The second kappa shape index (κ2) is 6.98. The molecule has 114 valence electrons. The van der Waals surface area contributed by atoms with Crippen molar-refractivity contribution in [2.24, 2.45) is 0 Å². The highest BCUT2D eigenvalue weighted by Crippen LogP contribution is 2.33. The predicted molar refractivity (Wildman–Crippen MR) is 83.6 cm³/mol. The van der Waals surface area contributed by atoms with Gasteiger partial charge in [-0.05, 0) is 25.7 Å². The minimum absolute atomic E-state index is 0.214. The number of aromatic carboxylic acids is 1. The van der Waals surface area contributed by atoms with Crippen molar-refractivity contribution in [1.82, 2.24) is 10.2 Å². The van der Waals surface area contributed by atoms with Crippen LogP contribution in [-0.4, -0.2) is 42.7 Å². The fourth-order valence-corrected chi connectivity index (χ4v) is 3.22. The molecule has 1 heterocycles. The molecule has 0 fully saturated rings. The van der Waals surface area contributed by atoms with Crippen LogP contribution in [0.25, 0.3) is 10.1 Å². The van der Waals surface area contributed by atoms with Gasteiger partial charge in [0, 0.05) is 35.3 Å². The van der Waals surface area contributed by atoms with Crippen LogP contribution in [0.5, 0.6) is 0 Å². The van der Waals surface area contributed by atoms with Gasteiger partial charge in [0.2, 0.25) is 0 Å². The lowest BCUT2D eigenvalue weighted by atomic mass is 10.1. The first-order valence-electron chi connectivity index (χ1n) is 6.87. The molecule has 0 aliphatic heterocycles. The summed E-state index contributed by atoms with van der Waals surface area (Å²) in [6.07, 6.45) is 0. The number of rotatable bonds is 7. The molecule has 0 amide bonds. The molecule has 2 aromatic rings. The summed E-state index contributed by atoms with van der Waals surface area (Å²) in [5.41, 5.74) is 0.541. The molecule has 2 rings (SSSR count). The van der Waals surface area contributed by atoms with Crippen molar-refractivity contribution in [2.45, 2.75) is 13.5 Å². The van der Waals surface area contributed by atoms with Crippen LogP contribution in [0.1, 0.15) is 22.2 Å². The van der Waals surface area contributed by atoms with Gasteiger partial charge in [0.1, 0.15) is 10.7 Å². The van der Waals surface area contributed by atoms with Gasteiger partial charge in [0.25, 0.3) is 0 Å². The summed E-state index contributed by atoms with van der Waals surface area (Å²) in [6.45, 7) is 4.99. The van der Waals surface area contributed by atoms with Crippen molar-refractivity contribution in [3.63, 3.8) is 0 Å². The first-order chi connectivity index (χ1) is 10.0. The summed E-state index contributed by atoms with van der Waals surface area (Å²) in [7, 11) is 2.02. The van der Waals surface area contributed by atoms with Crippen LogP contribution in [-0.2, 0) is 6.54 Å². The van der Waals surface area contributed by atoms with E-state index in [0.717, 1.165) is 31.0 Å². The molecule has 6 heteroatoms. The molecule has 0 bridgehead atoms. The van der Waals surface area contributed by atoms with E-state index in [1.54, 1.807) is 12.1 Å². The van der Waals surface area contributed by atoms with Crippen molar-refractivity contribution in [1.29, 1.82) is 0 Å². The number of carbonyl (C=O) groups is 1. The van der Waals surface area contributed by atoms with E-state index in [1.165, 1.54) is 6.07 Å². The van der Waals surface area contributed by atoms with Gasteiger partial charge >= 0.3 is 5.97 Å². The zero-order chi connectivity index (χ0) is 15.4. The topological polar surface area (TPSA) is 52.6 Å². The number of likely N-dealkylation sites (N-methyl/N-ethyl adjacent to an activating group) is 1. The van der Waals surface area contributed by atoms with E-state index < -0.39 is 5.97 Å². The summed E-state index contributed by atoms with van der Waals surface area (Å²) in [4.78, 5) is 13.7. The third kappa shape index (κ3) is 3.58. The van der Waals surface area contributed by atoms with Gasteiger partial charge in [-0.2, -0.15) is 0 Å². The van der Waals surface area contributed by atoms with E-state index in [-0.39, 0.29) is 10.7 Å². The van der Waals surface area contributed by atoms with Crippen LogP contribution < -0.4 is 5.32 Å². The van der Waals surface area contributed by atoms with Crippen LogP contribution in [0.15, 0.2) is 18.2 Å². The molecule has 0 aliphatic carbocycles. The second-order valence-electron chi connectivity index (χ2n) is 4.90. The Labute approximate surface area is 127 Å². The number of fused-ring (bicyclic) bond motifs is 1. The quantitative estimate of drug-likeness (QED) is 0.772. The van der Waals surface area contributed by atoms with Crippen LogP contribution >= 0.6 is 11.3 Å². The zero-order valence-electron chi connectivity index (χ0n) is 12.1. The average Bonchev–Trinajstić information content (AvgIpc) is 2.83. The Balaban J connectivity index is 2.20. The number of hydrogen-bond donors (Lipinski definition) is 2. The Bertz CT molecular complexity index is 642. The highest BCUT2D eigenvalue weighted by molar-refractivity contribution is 7.21. The molecule has 1 aromatic carbocycles. The Hall–Kier alpha value is -1.50. The third-order valence-electron chi connectivity index (χ3n) is 3.47. The van der Waals surface area contributed by atoms with Crippen molar-refractivity contribution in [3.05, 3.63) is 34.5 Å². The van der Waals surface area contributed by atoms with Gasteiger partial charge in [-0.1, -0.05) is 13.0 Å². The maximum Gasteiger partial charge on any atom is 0.346 e. The summed E-state index contributed by atoms with van der Waals surface area (Å²) >= 11 is 1.13. The zero-order valence-corrected chi connectivity index (χ0v) is 13.0. The van der Waals surface area contributed by atoms with Crippen molar-refractivity contribution < 1.29 is 14.3 Å². The first kappa shape index (κ1) is 15.9. The van der Waals surface area contributed by atoms with Gasteiger partial charge in [-0.15, -0.1) is 11.3 Å². The van der Waals surface area contributed by atoms with E-state index in [2.05, 4.69) is 17.1 Å². The van der Waals surface area contributed by atoms with Gasteiger partial charge < -0.3 is 15.3 Å². The Morgan fingerprint density at radius 1 is 1.48 bits per heavy atom. The van der Waals surface area contributed by atoms with Gasteiger partial charge in [-0.25, -0.2) is 9.18 Å². The molecule has 0 atom stereocenters. The lowest BCUT2D eigenvalue weighted by Gasteiger charge is -2.14. The van der Waals surface area contributed by atoms with Crippen LogP contribution in [0.2, 0.25) is 0 Å². The van der Waals surface area contributed by atoms with Gasteiger partial charge in [0.05, 0.1) is 0 Å². The molecule has 2 N–H and O–H groups in total. The maximum atomic E-state index is 14.0. The fourth-order valence-electron chi connectivity index (χ4n) is 2.15. The lowest BCUT2D eigenvalue weighted by Crippen LogP contribution is -2.29. The molecule has 21 heavy (non-hydrogen) atoms. The highest BCUT2D eigenvalue weighted by atomic mass is 32.1. The number of thiophene rings is 1. The molecule has 0 radical (unpaired) electrons. The Morgan fingerprint density at radius 3 is 2.90 bits per heavy atom. The minimum atomic E-state index is -1.00. The number of nitrogens with zero attached hydrogens (tertiary/aromatic N) is 1. The largest absolute Gasteiger partial charge is 0.477 e. The number of carboxylic acids is 1. The molecular weight excluding hydrogens is 291 g/mol. The van der Waals surface area contributed by atoms with Crippen molar-refractivity contribution in [3.8, 4) is 0 Å². The van der Waals surface area contributed by atoms with Crippen molar-refractivity contribution >= 4 is 27.4 Å². The van der Waals surface area contributed by atoms with Crippen LogP contribution in [0.3, 0.4) is 0 Å². The van der Waals surface area contributed by atoms with Crippen LogP contribution in [0, 0.1) is 5.82 Å². The Morgan fingerprint density at radius 2 is 2.24 bits per heavy atom. The molecule has 0 saturated heterocycles. The number of benzene rings is 1. The summed E-state index contributed by atoms with van der Waals surface area (Å²) in [6, 6.07) is 4.73. The summed E-state index contributed by atoms with van der Waals surface area (Å²) in [5, 5.41) is 12.9. The first-order valence-corrected chi connectivity index (χ1v) is 7.68. The SMILES string of the molecule is CCN(C)CCNCc1c(C(=O)O)sc2cccc(F)c12. The smallest absolute Gasteiger partial charge is 0.346 e. The standard InChI is InChI=1S/C15H19FN2O2S/c1-3-18(2)8-7-17-9-10-13-11(16)5-4-6-12(13)21-14(10)15(19)20/h4-6,17H,3,7-9H2,1-2H3,(H,19,20). The molecule has 0 spiro atoms. The normalized spacial score (nSPS) is 11.4. The molecule has 0 unspecified atom stereocenters. The predicted octanol–water partition coefficient (Wildman–Crippen LogP) is 2.78. The maximum absolute atomic E-state index is 14.0. The molecule has 0 aliphatic rings. The second-order valence-corrected chi connectivity index (χ2v) is 5.95. The van der Waals surface area contributed by atoms with Gasteiger partial charge in [0.15, 0.2) is 0 Å². The fraction of sp³-hybridized carbons (Fsp3) is 0.400. The third-order valence-corrected chi connectivity index (χ3v) is 4.65. The Kier molecular flexibility index (Phi) is 5.27. The monoisotopic (exact) mass is 310 g/mol. The molecule has 1 aromatic heterocycles.